The van der Waals surface area contributed by atoms with Crippen LogP contribution in [0.25, 0.3) is 0 Å². The molecule has 0 unspecified atom stereocenters. The molecule has 2 aliphatic heterocycles. The Bertz CT molecular complexity index is 433. The molecular formula is C10H10NO4+. The van der Waals surface area contributed by atoms with Gasteiger partial charge < -0.3 is 9.84 Å². The maximum Gasteiger partial charge on any atom is 0.421 e. The predicted octanol–water partition coefficient (Wildman–Crippen LogP) is -1.81. The number of rotatable bonds is 1. The van der Waals surface area contributed by atoms with Crippen LogP contribution < -0.4 is 4.99 Å². The third-order valence-corrected chi connectivity index (χ3v) is 2.58. The molecule has 0 saturated carbocycles. The Morgan fingerprint density at radius 1 is 1.53 bits per heavy atom. The monoisotopic (exact) mass is 208 g/mol. The van der Waals surface area contributed by atoms with Crippen molar-refractivity contribution in [2.24, 2.45) is 0 Å². The Balaban J connectivity index is 2.57. The number of hydrogen-bond donors (Lipinski definition) is 2. The van der Waals surface area contributed by atoms with Crippen molar-refractivity contribution in [2.75, 3.05) is 0 Å². The molecule has 0 radical (unpaired) electrons. The number of ether oxygens (including phenoxy) is 1. The summed E-state index contributed by atoms with van der Waals surface area (Å²) in [5.74, 6) is -1.13. The van der Waals surface area contributed by atoms with Crippen LogP contribution in [-0.4, -0.2) is 28.8 Å². The summed E-state index contributed by atoms with van der Waals surface area (Å²) in [6.45, 7) is 1.65. The molecule has 2 rings (SSSR count). The van der Waals surface area contributed by atoms with Crippen molar-refractivity contribution < 1.29 is 24.4 Å². The molecule has 0 aliphatic carbocycles. The summed E-state index contributed by atoms with van der Waals surface area (Å²) < 4.78 is 4.66. The van der Waals surface area contributed by atoms with Crippen LogP contribution in [0.5, 0.6) is 0 Å². The molecule has 1 amide bonds. The Hall–Kier alpha value is -1.75. The first-order chi connectivity index (χ1) is 7.09. The van der Waals surface area contributed by atoms with Gasteiger partial charge in [0.15, 0.2) is 11.8 Å². The van der Waals surface area contributed by atoms with Crippen LogP contribution >= 0.6 is 0 Å². The van der Waals surface area contributed by atoms with E-state index >= 15 is 0 Å². The van der Waals surface area contributed by atoms with Crippen molar-refractivity contribution in [1.29, 1.82) is 0 Å². The smallest absolute Gasteiger partial charge is 0.421 e. The highest BCUT2D eigenvalue weighted by molar-refractivity contribution is 6.03. The molecule has 0 saturated heterocycles. The molecule has 2 N–H and O–H groups in total. The van der Waals surface area contributed by atoms with E-state index in [1.54, 1.807) is 6.92 Å². The van der Waals surface area contributed by atoms with Gasteiger partial charge in [0.25, 0.3) is 0 Å². The number of carbonyl (C=O) groups is 2. The topological polar surface area (TPSA) is 77.6 Å². The van der Waals surface area contributed by atoms with Gasteiger partial charge >= 0.3 is 11.9 Å². The average Bonchev–Trinajstić information content (AvgIpc) is 2.24. The van der Waals surface area contributed by atoms with Gasteiger partial charge in [-0.05, 0) is 6.42 Å². The van der Waals surface area contributed by atoms with Crippen LogP contribution in [0.15, 0.2) is 23.5 Å². The first-order valence-electron chi connectivity index (χ1n) is 4.58. The number of aliphatic hydroxyl groups is 1. The summed E-state index contributed by atoms with van der Waals surface area (Å²) in [6.07, 6.45) is 4.14. The number of cyclic esters (lactones) is 1. The van der Waals surface area contributed by atoms with Gasteiger partial charge in [0, 0.05) is 11.6 Å². The van der Waals surface area contributed by atoms with E-state index in [1.165, 1.54) is 12.3 Å². The molecule has 5 heteroatoms. The number of allylic oxidation sites excluding steroid dienone is 1. The van der Waals surface area contributed by atoms with Gasteiger partial charge in [-0.2, -0.15) is 4.99 Å². The van der Waals surface area contributed by atoms with E-state index in [0.29, 0.717) is 5.57 Å². The lowest BCUT2D eigenvalue weighted by Gasteiger charge is -2.30. The molecule has 0 aromatic heterocycles. The highest BCUT2D eigenvalue weighted by atomic mass is 16.5. The molecule has 2 aliphatic rings. The fraction of sp³-hybridized carbons (Fsp3) is 0.300. The zero-order valence-electron chi connectivity index (χ0n) is 8.11. The van der Waals surface area contributed by atoms with E-state index in [2.05, 4.69) is 9.73 Å². The van der Waals surface area contributed by atoms with Gasteiger partial charge in [-0.3, -0.25) is 0 Å². The van der Waals surface area contributed by atoms with Crippen molar-refractivity contribution in [3.05, 3.63) is 23.5 Å². The van der Waals surface area contributed by atoms with E-state index in [4.69, 9.17) is 0 Å². The Morgan fingerprint density at radius 3 is 2.93 bits per heavy atom. The molecule has 0 spiro atoms. The number of hydrogen-bond acceptors (Lipinski definition) is 4. The highest BCUT2D eigenvalue weighted by Gasteiger charge is 2.47. The Kier molecular flexibility index (Phi) is 2.04. The molecule has 0 aromatic rings. The van der Waals surface area contributed by atoms with Gasteiger partial charge in [0.05, 0.1) is 0 Å². The number of esters is 1. The predicted molar refractivity (Wildman–Crippen MR) is 49.5 cm³/mol. The standard InChI is InChI=1S/C10H9NO4/c1-2-10(14)7-3-4-11-8(12)6(7)5-15-9(10)13/h3-5,14H,2H2,1H3/p+1/t10-/m0/s1. The second-order valence-electron chi connectivity index (χ2n) is 3.37. The van der Waals surface area contributed by atoms with Crippen molar-refractivity contribution in [3.8, 4) is 0 Å². The van der Waals surface area contributed by atoms with E-state index in [-0.39, 0.29) is 17.9 Å². The van der Waals surface area contributed by atoms with Crippen LogP contribution in [0.3, 0.4) is 0 Å². The third kappa shape index (κ3) is 1.24. The summed E-state index contributed by atoms with van der Waals surface area (Å²) in [4.78, 5) is 25.2. The zero-order chi connectivity index (χ0) is 11.1. The van der Waals surface area contributed by atoms with Crippen molar-refractivity contribution >= 4 is 18.1 Å². The van der Waals surface area contributed by atoms with Crippen molar-refractivity contribution in [2.45, 2.75) is 18.9 Å². The fourth-order valence-electron chi connectivity index (χ4n) is 1.62. The molecule has 0 bridgehead atoms. The lowest BCUT2D eigenvalue weighted by molar-refractivity contribution is -0.367. The summed E-state index contributed by atoms with van der Waals surface area (Å²) in [5.41, 5.74) is -1.22. The van der Waals surface area contributed by atoms with Crippen LogP contribution in [0.2, 0.25) is 0 Å². The zero-order valence-corrected chi connectivity index (χ0v) is 8.11. The summed E-state index contributed by atoms with van der Waals surface area (Å²) in [7, 11) is 0. The number of nitrogens with one attached hydrogen (secondary N) is 1. The van der Waals surface area contributed by atoms with E-state index in [0.717, 1.165) is 6.26 Å². The highest BCUT2D eigenvalue weighted by Crippen LogP contribution is 2.32. The maximum absolute atomic E-state index is 11.4. The van der Waals surface area contributed by atoms with Gasteiger partial charge in [0.1, 0.15) is 11.8 Å². The number of carbonyl (C=O) groups excluding carboxylic acids is 2. The molecule has 2 heterocycles. The average molecular weight is 208 g/mol. The van der Waals surface area contributed by atoms with E-state index in [9.17, 15) is 14.7 Å². The van der Waals surface area contributed by atoms with Crippen LogP contribution in [0, 0.1) is 0 Å². The van der Waals surface area contributed by atoms with Gasteiger partial charge in [0.2, 0.25) is 0 Å². The largest absolute Gasteiger partial charge is 0.431 e. The molecule has 1 atom stereocenters. The second-order valence-corrected chi connectivity index (χ2v) is 3.37. The minimum absolute atomic E-state index is 0.163. The summed E-state index contributed by atoms with van der Waals surface area (Å²) in [6, 6.07) is 0. The Morgan fingerprint density at radius 2 is 2.27 bits per heavy atom. The van der Waals surface area contributed by atoms with Gasteiger partial charge in [-0.25, -0.2) is 9.59 Å². The van der Waals surface area contributed by atoms with Crippen molar-refractivity contribution in [1.82, 2.24) is 0 Å². The second kappa shape index (κ2) is 3.13. The summed E-state index contributed by atoms with van der Waals surface area (Å²) in [5, 5.41) is 10.1. The molecule has 0 fully saturated rings. The normalized spacial score (nSPS) is 29.2. The lowest BCUT2D eigenvalue weighted by Crippen LogP contribution is -2.76. The fourth-order valence-corrected chi connectivity index (χ4v) is 1.62. The van der Waals surface area contributed by atoms with Crippen LogP contribution in [0.4, 0.5) is 0 Å². The quantitative estimate of drug-likeness (QED) is 0.498. The number of amides is 1. The SMILES string of the molecule is CC[C@@]1(O)C(=O)OC=C2C(=O)[NH+]=CC=C21. The van der Waals surface area contributed by atoms with Gasteiger partial charge in [-0.15, -0.1) is 0 Å². The van der Waals surface area contributed by atoms with E-state index in [1.807, 2.05) is 0 Å². The first kappa shape index (κ1) is 9.79. The van der Waals surface area contributed by atoms with E-state index < -0.39 is 11.6 Å². The van der Waals surface area contributed by atoms with Crippen LogP contribution in [0.1, 0.15) is 13.3 Å². The number of fused-ring (bicyclic) bond motifs is 1. The summed E-state index contributed by atoms with van der Waals surface area (Å²) >= 11 is 0. The van der Waals surface area contributed by atoms with Crippen molar-refractivity contribution in [3.63, 3.8) is 0 Å². The first-order valence-corrected chi connectivity index (χ1v) is 4.58. The molecule has 5 nitrogen and oxygen atoms in total. The molecular weight excluding hydrogens is 198 g/mol. The molecule has 78 valence electrons. The van der Waals surface area contributed by atoms with Gasteiger partial charge in [-0.1, -0.05) is 6.92 Å². The molecule has 15 heavy (non-hydrogen) atoms. The third-order valence-electron chi connectivity index (χ3n) is 2.58. The minimum atomic E-state index is -1.71. The minimum Gasteiger partial charge on any atom is -0.431 e. The maximum atomic E-state index is 11.4. The van der Waals surface area contributed by atoms with Crippen LogP contribution in [-0.2, 0) is 14.3 Å². The lowest BCUT2D eigenvalue weighted by atomic mass is 9.83. The Labute approximate surface area is 85.8 Å². The molecule has 0 aromatic carbocycles.